The Bertz CT molecular complexity index is 318. The number of benzene rings is 1. The molecule has 1 heterocycles. The summed E-state index contributed by atoms with van der Waals surface area (Å²) in [6.45, 7) is 0. The number of ether oxygens (including phenoxy) is 1. The lowest BCUT2D eigenvalue weighted by atomic mass is 10.1. The van der Waals surface area contributed by atoms with Crippen LogP contribution in [0.25, 0.3) is 0 Å². The first-order valence-corrected chi connectivity index (χ1v) is 4.58. The minimum Gasteiger partial charge on any atom is -0.457 e. The van der Waals surface area contributed by atoms with Crippen molar-refractivity contribution in [1.29, 1.82) is 0 Å². The molecule has 1 aliphatic rings. The lowest BCUT2D eigenvalue weighted by molar-refractivity contribution is -0.141. The number of carbonyl (C=O) groups is 1. The maximum Gasteiger partial charge on any atom is 0.306 e. The van der Waals surface area contributed by atoms with Crippen molar-refractivity contribution in [3.8, 4) is 0 Å². The normalized spacial score (nSPS) is 21.6. The molecular formula is C10H9ClO2. The van der Waals surface area contributed by atoms with E-state index in [0.29, 0.717) is 11.4 Å². The smallest absolute Gasteiger partial charge is 0.306 e. The van der Waals surface area contributed by atoms with Crippen LogP contribution in [-0.4, -0.2) is 5.97 Å². The number of esters is 1. The van der Waals surface area contributed by atoms with Crippen molar-refractivity contribution in [2.75, 3.05) is 0 Å². The molecule has 0 aromatic heterocycles. The van der Waals surface area contributed by atoms with E-state index in [9.17, 15) is 4.79 Å². The van der Waals surface area contributed by atoms with E-state index in [2.05, 4.69) is 0 Å². The lowest BCUT2D eigenvalue weighted by Crippen LogP contribution is -1.97. The van der Waals surface area contributed by atoms with Crippen LogP contribution in [0, 0.1) is 0 Å². The topological polar surface area (TPSA) is 26.3 Å². The minimum absolute atomic E-state index is 0.0650. The van der Waals surface area contributed by atoms with Crippen LogP contribution >= 0.6 is 11.6 Å². The number of carbonyl (C=O) groups excluding carboxylic acids is 1. The molecule has 0 spiro atoms. The van der Waals surface area contributed by atoms with Gasteiger partial charge in [0.05, 0.1) is 0 Å². The highest BCUT2D eigenvalue weighted by atomic mass is 35.5. The summed E-state index contributed by atoms with van der Waals surface area (Å²) in [4.78, 5) is 10.8. The Labute approximate surface area is 81.5 Å². The maximum atomic E-state index is 10.8. The molecule has 68 valence electrons. The van der Waals surface area contributed by atoms with Gasteiger partial charge < -0.3 is 4.74 Å². The fourth-order valence-corrected chi connectivity index (χ4v) is 1.56. The fourth-order valence-electron chi connectivity index (χ4n) is 1.44. The summed E-state index contributed by atoms with van der Waals surface area (Å²) < 4.78 is 5.11. The minimum atomic E-state index is -0.111. The van der Waals surface area contributed by atoms with E-state index >= 15 is 0 Å². The average molecular weight is 197 g/mol. The van der Waals surface area contributed by atoms with Crippen LogP contribution in [0.3, 0.4) is 0 Å². The molecule has 0 radical (unpaired) electrons. The Kier molecular flexibility index (Phi) is 2.23. The van der Waals surface area contributed by atoms with Gasteiger partial charge in [-0.25, -0.2) is 0 Å². The van der Waals surface area contributed by atoms with Gasteiger partial charge in [-0.1, -0.05) is 23.7 Å². The molecular weight excluding hydrogens is 188 g/mol. The third-order valence-electron chi connectivity index (χ3n) is 2.13. The van der Waals surface area contributed by atoms with Gasteiger partial charge in [0.2, 0.25) is 0 Å². The van der Waals surface area contributed by atoms with Crippen LogP contribution in [0.4, 0.5) is 0 Å². The van der Waals surface area contributed by atoms with Gasteiger partial charge in [-0.3, -0.25) is 4.79 Å². The highest BCUT2D eigenvalue weighted by Crippen LogP contribution is 2.29. The molecule has 0 N–H and O–H groups in total. The second-order valence-electron chi connectivity index (χ2n) is 3.07. The van der Waals surface area contributed by atoms with E-state index in [0.717, 1.165) is 12.0 Å². The molecule has 1 aliphatic heterocycles. The second kappa shape index (κ2) is 3.38. The molecule has 0 unspecified atom stereocenters. The summed E-state index contributed by atoms with van der Waals surface area (Å²) in [6, 6.07) is 7.41. The molecule has 0 amide bonds. The Balaban J connectivity index is 2.17. The fraction of sp³-hybridized carbons (Fsp3) is 0.300. The van der Waals surface area contributed by atoms with Gasteiger partial charge >= 0.3 is 5.97 Å². The first-order valence-electron chi connectivity index (χ1n) is 4.20. The number of rotatable bonds is 1. The van der Waals surface area contributed by atoms with Crippen molar-refractivity contribution >= 4 is 17.6 Å². The number of halogens is 1. The van der Waals surface area contributed by atoms with Gasteiger partial charge in [-0.05, 0) is 24.1 Å². The summed E-state index contributed by atoms with van der Waals surface area (Å²) in [7, 11) is 0. The van der Waals surface area contributed by atoms with Gasteiger partial charge in [0.25, 0.3) is 0 Å². The third kappa shape index (κ3) is 1.83. The molecule has 13 heavy (non-hydrogen) atoms. The summed E-state index contributed by atoms with van der Waals surface area (Å²) in [5.74, 6) is -0.111. The standard InChI is InChI=1S/C10H9ClO2/c11-8-3-1-7(2-4-8)9-5-6-10(12)13-9/h1-4,9H,5-6H2/t9-/m0/s1. The van der Waals surface area contributed by atoms with Crippen molar-refractivity contribution in [2.45, 2.75) is 18.9 Å². The zero-order valence-corrected chi connectivity index (χ0v) is 7.75. The van der Waals surface area contributed by atoms with E-state index in [4.69, 9.17) is 16.3 Å². The number of cyclic esters (lactones) is 1. The first kappa shape index (κ1) is 8.57. The quantitative estimate of drug-likeness (QED) is 0.646. The van der Waals surface area contributed by atoms with Gasteiger partial charge in [-0.2, -0.15) is 0 Å². The molecule has 0 saturated carbocycles. The molecule has 2 rings (SSSR count). The van der Waals surface area contributed by atoms with Crippen molar-refractivity contribution < 1.29 is 9.53 Å². The highest BCUT2D eigenvalue weighted by Gasteiger charge is 2.24. The molecule has 1 atom stereocenters. The van der Waals surface area contributed by atoms with Crippen LogP contribution in [0.15, 0.2) is 24.3 Å². The molecule has 1 saturated heterocycles. The SMILES string of the molecule is O=C1CC[C@@H](c2ccc(Cl)cc2)O1. The van der Waals surface area contributed by atoms with Crippen LogP contribution < -0.4 is 0 Å². The van der Waals surface area contributed by atoms with Crippen molar-refractivity contribution in [2.24, 2.45) is 0 Å². The van der Waals surface area contributed by atoms with Crippen molar-refractivity contribution in [1.82, 2.24) is 0 Å². The van der Waals surface area contributed by atoms with Crippen molar-refractivity contribution in [3.63, 3.8) is 0 Å². The van der Waals surface area contributed by atoms with E-state index in [-0.39, 0.29) is 12.1 Å². The Morgan fingerprint density at radius 3 is 2.54 bits per heavy atom. The Hall–Kier alpha value is -1.02. The summed E-state index contributed by atoms with van der Waals surface area (Å²) >= 11 is 5.74. The zero-order chi connectivity index (χ0) is 9.26. The van der Waals surface area contributed by atoms with Crippen molar-refractivity contribution in [3.05, 3.63) is 34.9 Å². The Morgan fingerprint density at radius 2 is 2.00 bits per heavy atom. The molecule has 2 nitrogen and oxygen atoms in total. The zero-order valence-electron chi connectivity index (χ0n) is 7.00. The van der Waals surface area contributed by atoms with Gasteiger partial charge in [-0.15, -0.1) is 0 Å². The van der Waals surface area contributed by atoms with Gasteiger partial charge in [0.1, 0.15) is 6.10 Å². The predicted molar refractivity (Wildman–Crippen MR) is 49.5 cm³/mol. The van der Waals surface area contributed by atoms with Crippen LogP contribution in [0.1, 0.15) is 24.5 Å². The van der Waals surface area contributed by atoms with Crippen LogP contribution in [0.5, 0.6) is 0 Å². The second-order valence-corrected chi connectivity index (χ2v) is 3.51. The van der Waals surface area contributed by atoms with E-state index in [1.807, 2.05) is 24.3 Å². The molecule has 1 aromatic carbocycles. The summed E-state index contributed by atoms with van der Waals surface area (Å²) in [5.41, 5.74) is 1.02. The van der Waals surface area contributed by atoms with E-state index in [1.165, 1.54) is 0 Å². The molecule has 1 aromatic rings. The average Bonchev–Trinajstić information content (AvgIpc) is 2.53. The van der Waals surface area contributed by atoms with E-state index < -0.39 is 0 Å². The largest absolute Gasteiger partial charge is 0.457 e. The monoisotopic (exact) mass is 196 g/mol. The van der Waals surface area contributed by atoms with Crippen LogP contribution in [-0.2, 0) is 9.53 Å². The molecule has 1 fully saturated rings. The molecule has 0 aliphatic carbocycles. The third-order valence-corrected chi connectivity index (χ3v) is 2.38. The Morgan fingerprint density at radius 1 is 1.31 bits per heavy atom. The summed E-state index contributed by atoms with van der Waals surface area (Å²) in [5, 5.41) is 0.702. The number of hydrogen-bond acceptors (Lipinski definition) is 2. The van der Waals surface area contributed by atoms with Gasteiger partial charge in [0, 0.05) is 11.4 Å². The maximum absolute atomic E-state index is 10.8. The molecule has 0 bridgehead atoms. The summed E-state index contributed by atoms with van der Waals surface area (Å²) in [6.07, 6.45) is 1.23. The lowest BCUT2D eigenvalue weighted by Gasteiger charge is -2.08. The first-order chi connectivity index (χ1) is 6.25. The highest BCUT2D eigenvalue weighted by molar-refractivity contribution is 6.30. The van der Waals surface area contributed by atoms with Crippen LogP contribution in [0.2, 0.25) is 5.02 Å². The van der Waals surface area contributed by atoms with Gasteiger partial charge in [0.15, 0.2) is 0 Å². The molecule has 3 heteroatoms. The van der Waals surface area contributed by atoms with E-state index in [1.54, 1.807) is 0 Å². The number of hydrogen-bond donors (Lipinski definition) is 0. The predicted octanol–water partition coefficient (Wildman–Crippen LogP) is 2.72.